The number of nitrogens with one attached hydrogen (secondary N) is 1. The van der Waals surface area contributed by atoms with Crippen LogP contribution in [-0.4, -0.2) is 36.7 Å². The van der Waals surface area contributed by atoms with E-state index >= 15 is 0 Å². The first-order valence-corrected chi connectivity index (χ1v) is 5.07. The van der Waals surface area contributed by atoms with Crippen LogP contribution < -0.4 is 10.9 Å². The standard InChI is InChI=1S/C11H19N3O/c1-9-7-10(8-11(15)14(9)4)12-5-6-13(2)3/h7-8,12H,5-6H2,1-4H3. The van der Waals surface area contributed by atoms with Crippen molar-refractivity contribution >= 4 is 5.69 Å². The Labute approximate surface area is 90.5 Å². The molecule has 1 N–H and O–H groups in total. The lowest BCUT2D eigenvalue weighted by Gasteiger charge is -2.12. The average Bonchev–Trinajstić information content (AvgIpc) is 2.13. The van der Waals surface area contributed by atoms with Gasteiger partial charge in [-0.25, -0.2) is 0 Å². The summed E-state index contributed by atoms with van der Waals surface area (Å²) >= 11 is 0. The van der Waals surface area contributed by atoms with Crippen LogP contribution in [0.2, 0.25) is 0 Å². The molecule has 1 aromatic rings. The van der Waals surface area contributed by atoms with Crippen molar-refractivity contribution in [3.63, 3.8) is 0 Å². The molecule has 4 heteroatoms. The van der Waals surface area contributed by atoms with Crippen molar-refractivity contribution in [3.05, 3.63) is 28.2 Å². The van der Waals surface area contributed by atoms with Crippen LogP contribution in [0.5, 0.6) is 0 Å². The second-order valence-corrected chi connectivity index (χ2v) is 4.01. The van der Waals surface area contributed by atoms with E-state index in [2.05, 4.69) is 10.2 Å². The Bertz CT molecular complexity index is 382. The lowest BCUT2D eigenvalue weighted by molar-refractivity contribution is 0.425. The summed E-state index contributed by atoms with van der Waals surface area (Å²) in [7, 11) is 5.83. The Morgan fingerprint density at radius 3 is 2.60 bits per heavy atom. The number of hydrogen-bond donors (Lipinski definition) is 1. The van der Waals surface area contributed by atoms with Crippen LogP contribution in [-0.2, 0) is 7.05 Å². The Kier molecular flexibility index (Phi) is 3.91. The second kappa shape index (κ2) is 4.98. The molecule has 0 aromatic carbocycles. The van der Waals surface area contributed by atoms with Gasteiger partial charge in [-0.3, -0.25) is 4.79 Å². The van der Waals surface area contributed by atoms with Crippen LogP contribution >= 0.6 is 0 Å². The van der Waals surface area contributed by atoms with Crippen LogP contribution in [0, 0.1) is 6.92 Å². The zero-order valence-electron chi connectivity index (χ0n) is 9.87. The Balaban J connectivity index is 2.67. The molecule has 15 heavy (non-hydrogen) atoms. The van der Waals surface area contributed by atoms with E-state index in [9.17, 15) is 4.79 Å². The van der Waals surface area contributed by atoms with E-state index in [1.165, 1.54) is 0 Å². The predicted molar refractivity (Wildman–Crippen MR) is 63.5 cm³/mol. The van der Waals surface area contributed by atoms with Gasteiger partial charge in [0.15, 0.2) is 0 Å². The Morgan fingerprint density at radius 1 is 1.40 bits per heavy atom. The minimum absolute atomic E-state index is 0.0300. The Morgan fingerprint density at radius 2 is 2.07 bits per heavy atom. The maximum Gasteiger partial charge on any atom is 0.252 e. The monoisotopic (exact) mass is 209 g/mol. The van der Waals surface area contributed by atoms with E-state index in [0.29, 0.717) is 0 Å². The molecule has 1 rings (SSSR count). The van der Waals surface area contributed by atoms with Crippen molar-refractivity contribution in [1.82, 2.24) is 9.47 Å². The van der Waals surface area contributed by atoms with E-state index in [-0.39, 0.29) is 5.56 Å². The van der Waals surface area contributed by atoms with Gasteiger partial charge < -0.3 is 14.8 Å². The number of hydrogen-bond acceptors (Lipinski definition) is 3. The molecule has 0 atom stereocenters. The van der Waals surface area contributed by atoms with Gasteiger partial charge in [-0.05, 0) is 27.1 Å². The van der Waals surface area contributed by atoms with Crippen molar-refractivity contribution in [3.8, 4) is 0 Å². The molecule has 0 aliphatic carbocycles. The molecule has 84 valence electrons. The zero-order chi connectivity index (χ0) is 11.4. The second-order valence-electron chi connectivity index (χ2n) is 4.01. The first-order chi connectivity index (χ1) is 7.00. The quantitative estimate of drug-likeness (QED) is 0.792. The van der Waals surface area contributed by atoms with E-state index in [1.807, 2.05) is 27.1 Å². The van der Waals surface area contributed by atoms with Crippen molar-refractivity contribution < 1.29 is 0 Å². The molecular weight excluding hydrogens is 190 g/mol. The van der Waals surface area contributed by atoms with Gasteiger partial charge in [0.1, 0.15) is 0 Å². The third-order valence-corrected chi connectivity index (χ3v) is 2.39. The van der Waals surface area contributed by atoms with Gasteiger partial charge in [0, 0.05) is 37.6 Å². The minimum atomic E-state index is 0.0300. The number of rotatable bonds is 4. The number of likely N-dealkylation sites (N-methyl/N-ethyl adjacent to an activating group) is 1. The van der Waals surface area contributed by atoms with Gasteiger partial charge in [0.25, 0.3) is 5.56 Å². The number of anilines is 1. The molecule has 0 saturated heterocycles. The van der Waals surface area contributed by atoms with Gasteiger partial charge in [0.05, 0.1) is 0 Å². The van der Waals surface area contributed by atoms with Gasteiger partial charge in [0.2, 0.25) is 0 Å². The summed E-state index contributed by atoms with van der Waals surface area (Å²) in [5.41, 5.74) is 1.90. The molecule has 0 fully saturated rings. The fraction of sp³-hybridized carbons (Fsp3) is 0.545. The molecule has 0 saturated carbocycles. The minimum Gasteiger partial charge on any atom is -0.384 e. The van der Waals surface area contributed by atoms with Crippen LogP contribution in [0.15, 0.2) is 16.9 Å². The summed E-state index contributed by atoms with van der Waals surface area (Å²) in [6.45, 7) is 3.73. The summed E-state index contributed by atoms with van der Waals surface area (Å²) in [4.78, 5) is 13.6. The largest absolute Gasteiger partial charge is 0.384 e. The highest BCUT2D eigenvalue weighted by atomic mass is 16.1. The van der Waals surface area contributed by atoms with Gasteiger partial charge in [-0.1, -0.05) is 0 Å². The molecule has 0 aliphatic heterocycles. The van der Waals surface area contributed by atoms with Crippen molar-refractivity contribution in [2.45, 2.75) is 6.92 Å². The van der Waals surface area contributed by atoms with Crippen LogP contribution in [0.25, 0.3) is 0 Å². The van der Waals surface area contributed by atoms with Crippen LogP contribution in [0.3, 0.4) is 0 Å². The number of pyridine rings is 1. The predicted octanol–water partition coefficient (Wildman–Crippen LogP) is 0.667. The summed E-state index contributed by atoms with van der Waals surface area (Å²) in [5.74, 6) is 0. The SMILES string of the molecule is Cc1cc(NCCN(C)C)cc(=O)n1C. The maximum absolute atomic E-state index is 11.5. The molecule has 0 aliphatic rings. The van der Waals surface area contributed by atoms with E-state index in [4.69, 9.17) is 0 Å². The van der Waals surface area contributed by atoms with Gasteiger partial charge >= 0.3 is 0 Å². The number of nitrogens with zero attached hydrogens (tertiary/aromatic N) is 2. The van der Waals surface area contributed by atoms with Gasteiger partial charge in [-0.15, -0.1) is 0 Å². The highest BCUT2D eigenvalue weighted by molar-refractivity contribution is 5.43. The first kappa shape index (κ1) is 11.8. The summed E-state index contributed by atoms with van der Waals surface area (Å²) in [6, 6.07) is 3.61. The van der Waals surface area contributed by atoms with Crippen LogP contribution in [0.4, 0.5) is 5.69 Å². The molecule has 1 heterocycles. The highest BCUT2D eigenvalue weighted by Crippen LogP contribution is 2.05. The third kappa shape index (κ3) is 3.40. The molecule has 0 bridgehead atoms. The normalized spacial score (nSPS) is 10.7. The molecular formula is C11H19N3O. The lowest BCUT2D eigenvalue weighted by atomic mass is 10.3. The highest BCUT2D eigenvalue weighted by Gasteiger charge is 1.99. The maximum atomic E-state index is 11.5. The Hall–Kier alpha value is -1.29. The fourth-order valence-electron chi connectivity index (χ4n) is 1.29. The summed E-state index contributed by atoms with van der Waals surface area (Å²) < 4.78 is 1.64. The summed E-state index contributed by atoms with van der Waals surface area (Å²) in [6.07, 6.45) is 0. The molecule has 4 nitrogen and oxygen atoms in total. The topological polar surface area (TPSA) is 37.3 Å². The smallest absolute Gasteiger partial charge is 0.252 e. The van der Waals surface area contributed by atoms with E-state index < -0.39 is 0 Å². The molecule has 0 unspecified atom stereocenters. The lowest BCUT2D eigenvalue weighted by Crippen LogP contribution is -2.23. The van der Waals surface area contributed by atoms with E-state index in [1.54, 1.807) is 17.7 Å². The first-order valence-electron chi connectivity index (χ1n) is 5.07. The zero-order valence-corrected chi connectivity index (χ0v) is 9.87. The molecule has 0 amide bonds. The van der Waals surface area contributed by atoms with E-state index in [0.717, 1.165) is 24.5 Å². The van der Waals surface area contributed by atoms with Crippen LogP contribution in [0.1, 0.15) is 5.69 Å². The summed E-state index contributed by atoms with van der Waals surface area (Å²) in [5, 5.41) is 3.23. The fourth-order valence-corrected chi connectivity index (χ4v) is 1.29. The number of aryl methyl sites for hydroxylation is 1. The average molecular weight is 209 g/mol. The molecule has 1 aromatic heterocycles. The van der Waals surface area contributed by atoms with Crippen molar-refractivity contribution in [2.24, 2.45) is 7.05 Å². The number of aromatic nitrogens is 1. The molecule has 0 spiro atoms. The molecule has 0 radical (unpaired) electrons. The third-order valence-electron chi connectivity index (χ3n) is 2.39. The van der Waals surface area contributed by atoms with Crippen molar-refractivity contribution in [2.75, 3.05) is 32.5 Å². The van der Waals surface area contributed by atoms with Crippen molar-refractivity contribution in [1.29, 1.82) is 0 Å². The van der Waals surface area contributed by atoms with Gasteiger partial charge in [-0.2, -0.15) is 0 Å².